The van der Waals surface area contributed by atoms with Crippen molar-refractivity contribution in [3.05, 3.63) is 33.8 Å². The van der Waals surface area contributed by atoms with Crippen molar-refractivity contribution in [2.75, 3.05) is 6.54 Å². The van der Waals surface area contributed by atoms with Crippen LogP contribution < -0.4 is 11.1 Å². The fourth-order valence-electron chi connectivity index (χ4n) is 1.30. The molecule has 0 fully saturated rings. The first kappa shape index (κ1) is 15.2. The van der Waals surface area contributed by atoms with Gasteiger partial charge < -0.3 is 16.2 Å². The Balaban J connectivity index is 2.66. The second-order valence-corrected chi connectivity index (χ2v) is 5.52. The highest BCUT2D eigenvalue weighted by Crippen LogP contribution is 2.23. The maximum Gasteiger partial charge on any atom is 0.239 e. The Labute approximate surface area is 116 Å². The molecule has 0 bridgehead atoms. The van der Waals surface area contributed by atoms with Crippen molar-refractivity contribution in [3.8, 4) is 0 Å². The Kier molecular flexibility index (Phi) is 4.99. The lowest BCUT2D eigenvalue weighted by atomic mass is 10.1. The Morgan fingerprint density at radius 2 is 1.89 bits per heavy atom. The van der Waals surface area contributed by atoms with Crippen molar-refractivity contribution in [1.29, 1.82) is 0 Å². The third-order valence-corrected chi connectivity index (χ3v) is 2.75. The zero-order chi connectivity index (χ0) is 13.9. The van der Waals surface area contributed by atoms with Crippen molar-refractivity contribution < 1.29 is 9.90 Å². The normalized spacial score (nSPS) is 13.2. The second-order valence-electron chi connectivity index (χ2n) is 4.65. The number of halogens is 2. The monoisotopic (exact) mass is 290 g/mol. The molecular weight excluding hydrogens is 275 g/mol. The number of amides is 1. The first-order valence-electron chi connectivity index (χ1n) is 5.41. The molecule has 0 heterocycles. The average Bonchev–Trinajstić information content (AvgIpc) is 2.22. The SMILES string of the molecule is CC(C)(N)C(=O)NCC(O)c1cc(Cl)cc(Cl)c1. The fourth-order valence-corrected chi connectivity index (χ4v) is 1.85. The number of aliphatic hydroxyl groups is 1. The van der Waals surface area contributed by atoms with Gasteiger partial charge in [0.2, 0.25) is 5.91 Å². The minimum atomic E-state index is -0.980. The van der Waals surface area contributed by atoms with Crippen LogP contribution in [-0.2, 0) is 4.79 Å². The van der Waals surface area contributed by atoms with Crippen molar-refractivity contribution in [2.45, 2.75) is 25.5 Å². The van der Waals surface area contributed by atoms with E-state index in [0.29, 0.717) is 15.6 Å². The van der Waals surface area contributed by atoms with Crippen LogP contribution in [0.3, 0.4) is 0 Å². The summed E-state index contributed by atoms with van der Waals surface area (Å²) in [7, 11) is 0. The van der Waals surface area contributed by atoms with E-state index >= 15 is 0 Å². The smallest absolute Gasteiger partial charge is 0.239 e. The zero-order valence-electron chi connectivity index (χ0n) is 10.2. The second kappa shape index (κ2) is 5.89. The van der Waals surface area contributed by atoms with Crippen molar-refractivity contribution in [2.24, 2.45) is 5.73 Å². The third kappa shape index (κ3) is 4.46. The highest BCUT2D eigenvalue weighted by Gasteiger charge is 2.22. The molecule has 1 rings (SSSR count). The van der Waals surface area contributed by atoms with E-state index in [-0.39, 0.29) is 12.5 Å². The van der Waals surface area contributed by atoms with Gasteiger partial charge in [-0.1, -0.05) is 23.2 Å². The van der Waals surface area contributed by atoms with Crippen LogP contribution in [0.2, 0.25) is 10.0 Å². The van der Waals surface area contributed by atoms with Crippen LogP contribution >= 0.6 is 23.2 Å². The molecule has 4 N–H and O–H groups in total. The molecule has 1 aromatic carbocycles. The molecule has 18 heavy (non-hydrogen) atoms. The Bertz CT molecular complexity index is 424. The summed E-state index contributed by atoms with van der Waals surface area (Å²) in [4.78, 5) is 11.5. The van der Waals surface area contributed by atoms with Gasteiger partial charge >= 0.3 is 0 Å². The maximum absolute atomic E-state index is 11.5. The molecule has 4 nitrogen and oxygen atoms in total. The van der Waals surface area contributed by atoms with E-state index in [0.717, 1.165) is 0 Å². The van der Waals surface area contributed by atoms with Gasteiger partial charge in [0.15, 0.2) is 0 Å². The van der Waals surface area contributed by atoms with E-state index in [4.69, 9.17) is 28.9 Å². The molecule has 1 aromatic rings. The van der Waals surface area contributed by atoms with E-state index in [2.05, 4.69) is 5.32 Å². The first-order valence-corrected chi connectivity index (χ1v) is 6.17. The van der Waals surface area contributed by atoms with Gasteiger partial charge in [-0.15, -0.1) is 0 Å². The van der Waals surface area contributed by atoms with E-state index in [9.17, 15) is 9.90 Å². The highest BCUT2D eigenvalue weighted by atomic mass is 35.5. The van der Waals surface area contributed by atoms with Gasteiger partial charge in [-0.25, -0.2) is 0 Å². The largest absolute Gasteiger partial charge is 0.387 e. The molecule has 6 heteroatoms. The lowest BCUT2D eigenvalue weighted by molar-refractivity contribution is -0.125. The Hall–Kier alpha value is -0.810. The van der Waals surface area contributed by atoms with Crippen LogP contribution in [0.4, 0.5) is 0 Å². The van der Waals surface area contributed by atoms with E-state index in [1.54, 1.807) is 32.0 Å². The summed E-state index contributed by atoms with van der Waals surface area (Å²) in [6.07, 6.45) is -0.882. The van der Waals surface area contributed by atoms with E-state index in [1.807, 2.05) is 0 Å². The van der Waals surface area contributed by atoms with Gasteiger partial charge in [-0.3, -0.25) is 4.79 Å². The summed E-state index contributed by atoms with van der Waals surface area (Å²) in [6, 6.07) is 4.76. The molecule has 100 valence electrons. The number of carbonyl (C=O) groups is 1. The minimum absolute atomic E-state index is 0.0517. The quantitative estimate of drug-likeness (QED) is 0.793. The molecule has 1 unspecified atom stereocenters. The Morgan fingerprint density at radius 3 is 2.33 bits per heavy atom. The highest BCUT2D eigenvalue weighted by molar-refractivity contribution is 6.34. The lowest BCUT2D eigenvalue weighted by Crippen LogP contribution is -2.49. The van der Waals surface area contributed by atoms with E-state index < -0.39 is 11.6 Å². The summed E-state index contributed by atoms with van der Waals surface area (Å²) >= 11 is 11.7. The number of carbonyl (C=O) groups excluding carboxylic acids is 1. The van der Waals surface area contributed by atoms with Gasteiger partial charge in [0.05, 0.1) is 11.6 Å². The lowest BCUT2D eigenvalue weighted by Gasteiger charge is -2.19. The number of benzene rings is 1. The number of hydrogen-bond donors (Lipinski definition) is 3. The number of nitrogens with one attached hydrogen (secondary N) is 1. The zero-order valence-corrected chi connectivity index (χ0v) is 11.7. The molecule has 0 radical (unpaired) electrons. The predicted octanol–water partition coefficient (Wildman–Crippen LogP) is 1.88. The number of rotatable bonds is 4. The maximum atomic E-state index is 11.5. The van der Waals surface area contributed by atoms with Crippen molar-refractivity contribution >= 4 is 29.1 Å². The minimum Gasteiger partial charge on any atom is -0.387 e. The van der Waals surface area contributed by atoms with Gasteiger partial charge in [0, 0.05) is 16.6 Å². The van der Waals surface area contributed by atoms with Gasteiger partial charge in [-0.2, -0.15) is 0 Å². The number of aliphatic hydroxyl groups excluding tert-OH is 1. The van der Waals surface area contributed by atoms with Gasteiger partial charge in [0.25, 0.3) is 0 Å². The molecule has 0 saturated heterocycles. The topological polar surface area (TPSA) is 75.4 Å². The van der Waals surface area contributed by atoms with Crippen molar-refractivity contribution in [3.63, 3.8) is 0 Å². The molecule has 0 aliphatic rings. The summed E-state index contributed by atoms with van der Waals surface area (Å²) in [6.45, 7) is 3.23. The van der Waals surface area contributed by atoms with Crippen LogP contribution in [0.5, 0.6) is 0 Å². The average molecular weight is 291 g/mol. The van der Waals surface area contributed by atoms with Gasteiger partial charge in [0.1, 0.15) is 0 Å². The van der Waals surface area contributed by atoms with Crippen LogP contribution in [-0.4, -0.2) is 23.1 Å². The number of nitrogens with two attached hydrogens (primary N) is 1. The van der Waals surface area contributed by atoms with Gasteiger partial charge in [-0.05, 0) is 37.6 Å². The predicted molar refractivity (Wildman–Crippen MR) is 72.7 cm³/mol. The molecule has 1 amide bonds. The summed E-state index contributed by atoms with van der Waals surface area (Å²) in [5.41, 5.74) is 5.18. The van der Waals surface area contributed by atoms with E-state index in [1.165, 1.54) is 0 Å². The summed E-state index contributed by atoms with van der Waals surface area (Å²) < 4.78 is 0. The third-order valence-electron chi connectivity index (χ3n) is 2.31. The van der Waals surface area contributed by atoms with Crippen LogP contribution in [0.15, 0.2) is 18.2 Å². The fraction of sp³-hybridized carbons (Fsp3) is 0.417. The van der Waals surface area contributed by atoms with Crippen LogP contribution in [0.25, 0.3) is 0 Å². The molecular formula is C12H16Cl2N2O2. The molecule has 0 aliphatic heterocycles. The molecule has 0 spiro atoms. The summed E-state index contributed by atoms with van der Waals surface area (Å²) in [5, 5.41) is 13.3. The van der Waals surface area contributed by atoms with Crippen molar-refractivity contribution in [1.82, 2.24) is 5.32 Å². The molecule has 0 aromatic heterocycles. The Morgan fingerprint density at radius 1 is 1.39 bits per heavy atom. The van der Waals surface area contributed by atoms with Crippen LogP contribution in [0.1, 0.15) is 25.5 Å². The van der Waals surface area contributed by atoms with Crippen LogP contribution in [0, 0.1) is 0 Å². The first-order chi connectivity index (χ1) is 8.20. The standard InChI is InChI=1S/C12H16Cl2N2O2/c1-12(2,15)11(18)16-6-10(17)7-3-8(13)5-9(14)4-7/h3-5,10,17H,6,15H2,1-2H3,(H,16,18). The molecule has 1 atom stereocenters. The molecule has 0 aliphatic carbocycles. The molecule has 0 saturated carbocycles. The number of hydrogen-bond acceptors (Lipinski definition) is 3. The summed E-state index contributed by atoms with van der Waals surface area (Å²) in [5.74, 6) is -0.338.